The van der Waals surface area contributed by atoms with Gasteiger partial charge in [-0.15, -0.1) is 22.7 Å². The number of amides is 2. The van der Waals surface area contributed by atoms with Crippen molar-refractivity contribution < 1.29 is 19.1 Å². The molecule has 1 N–H and O–H groups in total. The predicted molar refractivity (Wildman–Crippen MR) is 120 cm³/mol. The Morgan fingerprint density at radius 2 is 2.00 bits per heavy atom. The highest BCUT2D eigenvalue weighted by molar-refractivity contribution is 7.14. The Bertz CT molecular complexity index is 1100. The third-order valence-electron chi connectivity index (χ3n) is 5.38. The molecule has 160 valence electrons. The van der Waals surface area contributed by atoms with Crippen molar-refractivity contribution in [2.45, 2.75) is 12.8 Å². The second-order valence-corrected chi connectivity index (χ2v) is 9.26. The fourth-order valence-electron chi connectivity index (χ4n) is 3.81. The second kappa shape index (κ2) is 8.68. The molecule has 9 heteroatoms. The maximum absolute atomic E-state index is 12.8. The average molecular weight is 456 g/mol. The molecule has 7 nitrogen and oxygen atoms in total. The van der Waals surface area contributed by atoms with Gasteiger partial charge in [-0.2, -0.15) is 0 Å². The van der Waals surface area contributed by atoms with E-state index < -0.39 is 0 Å². The maximum Gasteiger partial charge on any atom is 0.263 e. The Morgan fingerprint density at radius 3 is 2.84 bits per heavy atom. The fraction of sp³-hybridized carbons (Fsp3) is 0.318. The van der Waals surface area contributed by atoms with E-state index >= 15 is 0 Å². The lowest BCUT2D eigenvalue weighted by molar-refractivity contribution is -0.121. The summed E-state index contributed by atoms with van der Waals surface area (Å²) < 4.78 is 11.2. The van der Waals surface area contributed by atoms with Gasteiger partial charge in [0, 0.05) is 24.0 Å². The van der Waals surface area contributed by atoms with Crippen molar-refractivity contribution in [3.8, 4) is 22.8 Å². The summed E-state index contributed by atoms with van der Waals surface area (Å²) in [5.41, 5.74) is 1.68. The molecule has 0 radical (unpaired) electrons. The second-order valence-electron chi connectivity index (χ2n) is 7.45. The summed E-state index contributed by atoms with van der Waals surface area (Å²) in [6, 6.07) is 9.41. The van der Waals surface area contributed by atoms with Gasteiger partial charge < -0.3 is 19.7 Å². The molecular formula is C22H21N3O4S2. The number of anilines is 1. The molecule has 1 unspecified atom stereocenters. The van der Waals surface area contributed by atoms with Gasteiger partial charge in [0.05, 0.1) is 16.5 Å². The third kappa shape index (κ3) is 4.28. The van der Waals surface area contributed by atoms with E-state index in [-0.39, 0.29) is 17.7 Å². The van der Waals surface area contributed by atoms with E-state index in [2.05, 4.69) is 10.3 Å². The smallest absolute Gasteiger partial charge is 0.263 e. The van der Waals surface area contributed by atoms with Crippen LogP contribution in [0.25, 0.3) is 11.3 Å². The number of rotatable bonds is 4. The average Bonchev–Trinajstić information content (AvgIpc) is 3.51. The van der Waals surface area contributed by atoms with Crippen LogP contribution in [0.15, 0.2) is 41.1 Å². The number of carbonyl (C=O) groups is 2. The zero-order chi connectivity index (χ0) is 21.2. The molecule has 1 saturated heterocycles. The lowest BCUT2D eigenvalue weighted by Gasteiger charge is -2.31. The largest absolute Gasteiger partial charge is 0.486 e. The van der Waals surface area contributed by atoms with E-state index in [1.54, 1.807) is 4.90 Å². The Kier molecular flexibility index (Phi) is 5.61. The molecule has 2 amide bonds. The van der Waals surface area contributed by atoms with Gasteiger partial charge in [0.1, 0.15) is 13.2 Å². The number of hydrogen-bond donors (Lipinski definition) is 1. The standard InChI is InChI=1S/C22H21N3O4S2/c26-20(15-3-1-7-25(12-15)21(27)19-4-2-10-30-19)24-22-23-16(13-31-22)14-5-6-17-18(11-14)29-9-8-28-17/h2,4-6,10-11,13,15H,1,3,7-9,12H2,(H,23,24,26). The lowest BCUT2D eigenvalue weighted by atomic mass is 9.97. The Labute approximate surface area is 187 Å². The number of hydrogen-bond acceptors (Lipinski definition) is 7. The van der Waals surface area contributed by atoms with E-state index in [0.29, 0.717) is 42.1 Å². The molecule has 4 heterocycles. The summed E-state index contributed by atoms with van der Waals surface area (Å²) in [7, 11) is 0. The number of aromatic nitrogens is 1. The van der Waals surface area contributed by atoms with E-state index in [1.807, 2.05) is 41.1 Å². The van der Waals surface area contributed by atoms with E-state index in [1.165, 1.54) is 22.7 Å². The predicted octanol–water partition coefficient (Wildman–Crippen LogP) is 4.13. The summed E-state index contributed by atoms with van der Waals surface area (Å²) >= 11 is 2.81. The minimum atomic E-state index is -0.237. The monoisotopic (exact) mass is 455 g/mol. The first-order chi connectivity index (χ1) is 15.2. The van der Waals surface area contributed by atoms with Gasteiger partial charge in [-0.05, 0) is 42.5 Å². The summed E-state index contributed by atoms with van der Waals surface area (Å²) in [6.45, 7) is 2.20. The zero-order valence-corrected chi connectivity index (χ0v) is 18.3. The van der Waals surface area contributed by atoms with Crippen molar-refractivity contribution >= 4 is 39.6 Å². The number of carbonyl (C=O) groups excluding carboxylic acids is 2. The number of ether oxygens (including phenoxy) is 2. The summed E-state index contributed by atoms with van der Waals surface area (Å²) in [6.07, 6.45) is 1.58. The van der Waals surface area contributed by atoms with Crippen LogP contribution in [-0.4, -0.2) is 48.0 Å². The van der Waals surface area contributed by atoms with Crippen molar-refractivity contribution in [1.29, 1.82) is 0 Å². The van der Waals surface area contributed by atoms with Crippen LogP contribution >= 0.6 is 22.7 Å². The number of thiophene rings is 1. The number of benzene rings is 1. The molecule has 0 bridgehead atoms. The van der Waals surface area contributed by atoms with E-state index in [9.17, 15) is 9.59 Å². The molecular weight excluding hydrogens is 434 g/mol. The molecule has 0 aliphatic carbocycles. The first-order valence-corrected chi connectivity index (χ1v) is 11.9. The maximum atomic E-state index is 12.8. The van der Waals surface area contributed by atoms with Crippen LogP contribution in [0, 0.1) is 5.92 Å². The van der Waals surface area contributed by atoms with Crippen molar-refractivity contribution in [2.24, 2.45) is 5.92 Å². The van der Waals surface area contributed by atoms with Gasteiger partial charge in [-0.3, -0.25) is 9.59 Å². The molecule has 0 saturated carbocycles. The van der Waals surface area contributed by atoms with Gasteiger partial charge >= 0.3 is 0 Å². The molecule has 1 atom stereocenters. The van der Waals surface area contributed by atoms with E-state index in [0.717, 1.165) is 29.8 Å². The SMILES string of the molecule is O=C(Nc1nc(-c2ccc3c(c2)OCCO3)cs1)C1CCCN(C(=O)c2cccs2)C1. The highest BCUT2D eigenvalue weighted by Crippen LogP contribution is 2.35. The number of likely N-dealkylation sites (tertiary alicyclic amines) is 1. The summed E-state index contributed by atoms with van der Waals surface area (Å²) in [5.74, 6) is 1.12. The molecule has 2 aromatic heterocycles. The number of nitrogens with zero attached hydrogens (tertiary/aromatic N) is 2. The molecule has 1 aromatic carbocycles. The normalized spacial score (nSPS) is 17.9. The molecule has 3 aromatic rings. The summed E-state index contributed by atoms with van der Waals surface area (Å²) in [5, 5.41) is 7.29. The fourth-order valence-corrected chi connectivity index (χ4v) is 5.22. The molecule has 2 aliphatic heterocycles. The number of nitrogens with one attached hydrogen (secondary N) is 1. The van der Waals surface area contributed by atoms with Crippen molar-refractivity contribution in [3.05, 3.63) is 46.0 Å². The molecule has 2 aliphatic rings. The minimum Gasteiger partial charge on any atom is -0.486 e. The van der Waals surface area contributed by atoms with Crippen molar-refractivity contribution in [1.82, 2.24) is 9.88 Å². The van der Waals surface area contributed by atoms with Crippen LogP contribution in [0.1, 0.15) is 22.5 Å². The Balaban J connectivity index is 1.24. The molecule has 31 heavy (non-hydrogen) atoms. The molecule has 5 rings (SSSR count). The van der Waals surface area contributed by atoms with Crippen LogP contribution in [0.3, 0.4) is 0 Å². The topological polar surface area (TPSA) is 80.8 Å². The highest BCUT2D eigenvalue weighted by atomic mass is 32.1. The van der Waals surface area contributed by atoms with Gasteiger partial charge in [0.2, 0.25) is 5.91 Å². The highest BCUT2D eigenvalue weighted by Gasteiger charge is 2.29. The van der Waals surface area contributed by atoms with Crippen LogP contribution < -0.4 is 14.8 Å². The van der Waals surface area contributed by atoms with Crippen molar-refractivity contribution in [2.75, 3.05) is 31.6 Å². The van der Waals surface area contributed by atoms with Gasteiger partial charge in [-0.25, -0.2) is 4.98 Å². The van der Waals surface area contributed by atoms with Gasteiger partial charge in [0.15, 0.2) is 16.6 Å². The van der Waals surface area contributed by atoms with Crippen molar-refractivity contribution in [3.63, 3.8) is 0 Å². The quantitative estimate of drug-likeness (QED) is 0.640. The van der Waals surface area contributed by atoms with Gasteiger partial charge in [0.25, 0.3) is 5.91 Å². The Hall–Kier alpha value is -2.91. The first kappa shape index (κ1) is 20.0. The minimum absolute atomic E-state index is 0.00245. The third-order valence-corrected chi connectivity index (χ3v) is 7.00. The number of fused-ring (bicyclic) bond motifs is 1. The molecule has 1 fully saturated rings. The van der Waals surface area contributed by atoms with Crippen LogP contribution in [0.2, 0.25) is 0 Å². The first-order valence-electron chi connectivity index (χ1n) is 10.2. The van der Waals surface area contributed by atoms with Crippen LogP contribution in [0.4, 0.5) is 5.13 Å². The lowest BCUT2D eigenvalue weighted by Crippen LogP contribution is -2.43. The summed E-state index contributed by atoms with van der Waals surface area (Å²) in [4.78, 5) is 32.5. The van der Waals surface area contributed by atoms with Gasteiger partial charge in [-0.1, -0.05) is 6.07 Å². The van der Waals surface area contributed by atoms with E-state index in [4.69, 9.17) is 9.47 Å². The zero-order valence-electron chi connectivity index (χ0n) is 16.7. The Morgan fingerprint density at radius 1 is 1.13 bits per heavy atom. The molecule has 0 spiro atoms. The number of thiazole rings is 1. The van der Waals surface area contributed by atoms with Crippen LogP contribution in [0.5, 0.6) is 11.5 Å². The number of piperidine rings is 1. The van der Waals surface area contributed by atoms with Crippen LogP contribution in [-0.2, 0) is 4.79 Å².